The monoisotopic (exact) mass is 430 g/mol. The molecule has 0 atom stereocenters. The van der Waals surface area contributed by atoms with E-state index in [1.165, 1.54) is 12.4 Å². The molecule has 2 aromatic carbocycles. The summed E-state index contributed by atoms with van der Waals surface area (Å²) in [6, 6.07) is 9.73. The van der Waals surface area contributed by atoms with Gasteiger partial charge in [0, 0.05) is 31.9 Å². The van der Waals surface area contributed by atoms with Gasteiger partial charge in [0.15, 0.2) is 0 Å². The van der Waals surface area contributed by atoms with Crippen LogP contribution in [-0.4, -0.2) is 30.4 Å². The number of carbonyl (C=O) groups excluding carboxylic acids is 1. The van der Waals surface area contributed by atoms with E-state index in [1.54, 1.807) is 54.2 Å². The summed E-state index contributed by atoms with van der Waals surface area (Å²) in [5, 5.41) is 2.67. The first-order chi connectivity index (χ1) is 14.3. The van der Waals surface area contributed by atoms with E-state index in [0.717, 1.165) is 5.56 Å². The number of rotatable bonds is 8. The number of benzene rings is 2. The molecule has 0 unspecified atom stereocenters. The predicted octanol–water partition coefficient (Wildman–Crippen LogP) is 2.61. The summed E-state index contributed by atoms with van der Waals surface area (Å²) < 4.78 is 43.0. The SMILES string of the molecule is Cc1ccc(S(=O)(=O)NCCC(=O)NCc2ccc(-n3ccnc3)c(F)c2)c(C)c1. The molecule has 0 bridgehead atoms. The average Bonchev–Trinajstić information content (AvgIpc) is 3.20. The number of hydrogen-bond donors (Lipinski definition) is 2. The molecule has 0 aliphatic carbocycles. The Morgan fingerprint density at radius 1 is 1.17 bits per heavy atom. The number of nitrogens with zero attached hydrogens (tertiary/aromatic N) is 2. The summed E-state index contributed by atoms with van der Waals surface area (Å²) in [5.41, 5.74) is 2.58. The summed E-state index contributed by atoms with van der Waals surface area (Å²) in [6.45, 7) is 3.73. The molecule has 0 saturated heterocycles. The molecule has 0 fully saturated rings. The molecule has 3 rings (SSSR count). The maximum atomic E-state index is 14.3. The van der Waals surface area contributed by atoms with Crippen LogP contribution in [0.25, 0.3) is 5.69 Å². The van der Waals surface area contributed by atoms with Gasteiger partial charge in [-0.05, 0) is 43.2 Å². The van der Waals surface area contributed by atoms with Gasteiger partial charge in [-0.2, -0.15) is 0 Å². The van der Waals surface area contributed by atoms with Crippen molar-refractivity contribution in [2.24, 2.45) is 0 Å². The molecule has 1 heterocycles. The first kappa shape index (κ1) is 21.7. The van der Waals surface area contributed by atoms with Gasteiger partial charge < -0.3 is 9.88 Å². The summed E-state index contributed by atoms with van der Waals surface area (Å²) in [4.78, 5) is 16.1. The Bertz CT molecular complexity index is 1150. The van der Waals surface area contributed by atoms with E-state index in [1.807, 2.05) is 6.92 Å². The smallest absolute Gasteiger partial charge is 0.240 e. The zero-order valence-corrected chi connectivity index (χ0v) is 17.5. The summed E-state index contributed by atoms with van der Waals surface area (Å²) in [6.07, 6.45) is 4.67. The van der Waals surface area contributed by atoms with Crippen LogP contribution in [0, 0.1) is 19.7 Å². The maximum Gasteiger partial charge on any atom is 0.240 e. The highest BCUT2D eigenvalue weighted by Crippen LogP contribution is 2.16. The van der Waals surface area contributed by atoms with Crippen molar-refractivity contribution in [3.05, 3.63) is 77.6 Å². The third-order valence-electron chi connectivity index (χ3n) is 4.55. The molecule has 30 heavy (non-hydrogen) atoms. The lowest BCUT2D eigenvalue weighted by Gasteiger charge is -2.11. The number of sulfonamides is 1. The fraction of sp³-hybridized carbons (Fsp3) is 0.238. The standard InChI is InChI=1S/C21H23FN4O3S/c1-15-3-6-20(16(2)11-15)30(28,29)25-8-7-21(27)24-13-17-4-5-19(18(22)12-17)26-10-9-23-14-26/h3-6,9-12,14,25H,7-8,13H2,1-2H3,(H,24,27). The fourth-order valence-corrected chi connectivity index (χ4v) is 4.29. The van der Waals surface area contributed by atoms with Crippen LogP contribution >= 0.6 is 0 Å². The van der Waals surface area contributed by atoms with E-state index >= 15 is 0 Å². The van der Waals surface area contributed by atoms with Crippen molar-refractivity contribution in [2.45, 2.75) is 31.7 Å². The molecular weight excluding hydrogens is 407 g/mol. The maximum absolute atomic E-state index is 14.3. The lowest BCUT2D eigenvalue weighted by molar-refractivity contribution is -0.121. The van der Waals surface area contributed by atoms with Crippen LogP contribution in [0.15, 0.2) is 60.0 Å². The van der Waals surface area contributed by atoms with Gasteiger partial charge in [-0.3, -0.25) is 4.79 Å². The number of halogens is 1. The van der Waals surface area contributed by atoms with Crippen LogP contribution in [0.4, 0.5) is 4.39 Å². The largest absolute Gasteiger partial charge is 0.352 e. The number of aryl methyl sites for hydroxylation is 2. The number of carbonyl (C=O) groups is 1. The van der Waals surface area contributed by atoms with Gasteiger partial charge in [0.2, 0.25) is 15.9 Å². The Morgan fingerprint density at radius 3 is 2.63 bits per heavy atom. The molecule has 1 amide bonds. The Kier molecular flexibility index (Phi) is 6.63. The van der Waals surface area contributed by atoms with Crippen molar-refractivity contribution in [1.29, 1.82) is 0 Å². The molecule has 1 aromatic heterocycles. The second-order valence-electron chi connectivity index (χ2n) is 6.95. The topological polar surface area (TPSA) is 93.1 Å². The third-order valence-corrected chi connectivity index (χ3v) is 6.17. The number of amides is 1. The summed E-state index contributed by atoms with van der Waals surface area (Å²) in [5.74, 6) is -0.765. The number of nitrogens with one attached hydrogen (secondary N) is 2. The van der Waals surface area contributed by atoms with E-state index in [9.17, 15) is 17.6 Å². The minimum atomic E-state index is -3.69. The summed E-state index contributed by atoms with van der Waals surface area (Å²) >= 11 is 0. The highest BCUT2D eigenvalue weighted by atomic mass is 32.2. The third kappa shape index (κ3) is 5.31. The van der Waals surface area contributed by atoms with Crippen LogP contribution in [0.3, 0.4) is 0 Å². The molecule has 7 nitrogen and oxygen atoms in total. The lowest BCUT2D eigenvalue weighted by Crippen LogP contribution is -2.31. The predicted molar refractivity (Wildman–Crippen MR) is 111 cm³/mol. The van der Waals surface area contributed by atoms with Gasteiger partial charge >= 0.3 is 0 Å². The quantitative estimate of drug-likeness (QED) is 0.575. The van der Waals surface area contributed by atoms with Gasteiger partial charge in [0.25, 0.3) is 0 Å². The van der Waals surface area contributed by atoms with E-state index in [4.69, 9.17) is 0 Å². The van der Waals surface area contributed by atoms with Crippen molar-refractivity contribution >= 4 is 15.9 Å². The van der Waals surface area contributed by atoms with Gasteiger partial charge in [0.1, 0.15) is 5.82 Å². The van der Waals surface area contributed by atoms with Crippen molar-refractivity contribution in [3.63, 3.8) is 0 Å². The molecule has 0 aliphatic heterocycles. The van der Waals surface area contributed by atoms with Crippen LogP contribution in [0.2, 0.25) is 0 Å². The highest BCUT2D eigenvalue weighted by molar-refractivity contribution is 7.89. The lowest BCUT2D eigenvalue weighted by atomic mass is 10.2. The molecule has 0 aliphatic rings. The van der Waals surface area contributed by atoms with Crippen molar-refractivity contribution in [1.82, 2.24) is 19.6 Å². The molecule has 0 spiro atoms. The molecule has 9 heteroatoms. The molecule has 2 N–H and O–H groups in total. The second-order valence-corrected chi connectivity index (χ2v) is 8.68. The Balaban J connectivity index is 1.50. The molecule has 3 aromatic rings. The Hall–Kier alpha value is -3.04. The van der Waals surface area contributed by atoms with Crippen LogP contribution in [-0.2, 0) is 21.4 Å². The minimum absolute atomic E-state index is 0.0280. The second kappa shape index (κ2) is 9.19. The number of aromatic nitrogens is 2. The normalized spacial score (nSPS) is 11.4. The van der Waals surface area contributed by atoms with E-state index in [0.29, 0.717) is 16.8 Å². The molecule has 0 saturated carbocycles. The van der Waals surface area contributed by atoms with Crippen LogP contribution in [0.1, 0.15) is 23.1 Å². The molecule has 158 valence electrons. The van der Waals surface area contributed by atoms with E-state index < -0.39 is 15.8 Å². The van der Waals surface area contributed by atoms with Gasteiger partial charge in [-0.15, -0.1) is 0 Å². The molecular formula is C21H23FN4O3S. The Labute approximate surface area is 175 Å². The van der Waals surface area contributed by atoms with Gasteiger partial charge in [0.05, 0.1) is 16.9 Å². The number of hydrogen-bond acceptors (Lipinski definition) is 4. The average molecular weight is 431 g/mol. The highest BCUT2D eigenvalue weighted by Gasteiger charge is 2.16. The Morgan fingerprint density at radius 2 is 1.97 bits per heavy atom. The number of imidazole rings is 1. The zero-order chi connectivity index (χ0) is 21.7. The van der Waals surface area contributed by atoms with Crippen molar-refractivity contribution in [2.75, 3.05) is 6.54 Å². The summed E-state index contributed by atoms with van der Waals surface area (Å²) in [7, 11) is -3.69. The van der Waals surface area contributed by atoms with E-state index in [-0.39, 0.29) is 30.3 Å². The molecule has 0 radical (unpaired) electrons. The fourth-order valence-electron chi connectivity index (χ4n) is 3.04. The minimum Gasteiger partial charge on any atom is -0.352 e. The van der Waals surface area contributed by atoms with Gasteiger partial charge in [-0.25, -0.2) is 22.5 Å². The van der Waals surface area contributed by atoms with Gasteiger partial charge in [-0.1, -0.05) is 23.8 Å². The zero-order valence-electron chi connectivity index (χ0n) is 16.7. The van der Waals surface area contributed by atoms with Crippen LogP contribution in [0.5, 0.6) is 0 Å². The van der Waals surface area contributed by atoms with Crippen molar-refractivity contribution < 1.29 is 17.6 Å². The van der Waals surface area contributed by atoms with Crippen LogP contribution < -0.4 is 10.0 Å². The first-order valence-electron chi connectivity index (χ1n) is 9.36. The van der Waals surface area contributed by atoms with E-state index in [2.05, 4.69) is 15.0 Å². The first-order valence-corrected chi connectivity index (χ1v) is 10.8. The van der Waals surface area contributed by atoms with Crippen molar-refractivity contribution in [3.8, 4) is 5.69 Å².